The molecule has 0 aliphatic carbocycles. The number of nitrogens with zero attached hydrogens (tertiary/aromatic N) is 7. The standard InChI is InChI=1S/C46H36FN7O3S/c1-27-7-11-37(12-8-27)58(56,57)54-42(31-15-28(2)38-17-29-5-3-4-6-40(29)51-41(38)18-31)20-39-45(33(21-48)23-50-46(39)54)30-9-14-44(49-22-30)52-25-35-19-36(26-52)53(35)24-32-16-34(47)10-13-43(32)55/h3-18,20,22-23,35-36,55H,19,24-26H2,1-2H3. The van der Waals surface area contributed by atoms with E-state index in [2.05, 4.69) is 26.9 Å². The lowest BCUT2D eigenvalue weighted by molar-refractivity contribution is -0.00921. The molecule has 0 radical (unpaired) electrons. The van der Waals surface area contributed by atoms with E-state index in [0.717, 1.165) is 58.3 Å². The second kappa shape index (κ2) is 13.5. The highest BCUT2D eigenvalue weighted by Crippen LogP contribution is 2.41. The van der Waals surface area contributed by atoms with Crippen molar-refractivity contribution in [2.45, 2.75) is 43.8 Å². The molecule has 12 heteroatoms. The number of nitriles is 1. The van der Waals surface area contributed by atoms with Crippen LogP contribution < -0.4 is 4.90 Å². The third-order valence-electron chi connectivity index (χ3n) is 11.7. The molecule has 2 atom stereocenters. The van der Waals surface area contributed by atoms with Crippen LogP contribution in [0.4, 0.5) is 10.2 Å². The molecule has 286 valence electrons. The summed E-state index contributed by atoms with van der Waals surface area (Å²) < 4.78 is 44.7. The number of hydrogen-bond acceptors (Lipinski definition) is 9. The van der Waals surface area contributed by atoms with Gasteiger partial charge in [0.25, 0.3) is 10.0 Å². The number of para-hydroxylation sites is 1. The fourth-order valence-corrected chi connectivity index (χ4v) is 10.2. The van der Waals surface area contributed by atoms with Gasteiger partial charge in [0.2, 0.25) is 0 Å². The van der Waals surface area contributed by atoms with E-state index in [9.17, 15) is 23.2 Å². The van der Waals surface area contributed by atoms with Crippen molar-refractivity contribution in [2.75, 3.05) is 18.0 Å². The molecule has 2 bridgehead atoms. The number of fused-ring (bicyclic) bond motifs is 5. The van der Waals surface area contributed by atoms with E-state index >= 15 is 0 Å². The SMILES string of the molecule is Cc1ccc(S(=O)(=O)n2c(-c3cc(C)c4cc5ccccc5nc4c3)cc3c(-c4ccc(N5CC6CC(C5)N6Cc5cc(F)ccc5O)nc4)c(C#N)cnc32)cc1. The average Bonchev–Trinajstić information content (AvgIpc) is 3.64. The Morgan fingerprint density at radius 3 is 2.40 bits per heavy atom. The molecule has 0 spiro atoms. The van der Waals surface area contributed by atoms with Gasteiger partial charge in [0, 0.05) is 82.5 Å². The Morgan fingerprint density at radius 2 is 1.64 bits per heavy atom. The molecule has 58 heavy (non-hydrogen) atoms. The van der Waals surface area contributed by atoms with Gasteiger partial charge in [0.15, 0.2) is 5.65 Å². The predicted molar refractivity (Wildman–Crippen MR) is 222 cm³/mol. The molecule has 0 amide bonds. The van der Waals surface area contributed by atoms with Crippen molar-refractivity contribution in [3.63, 3.8) is 0 Å². The summed E-state index contributed by atoms with van der Waals surface area (Å²) in [7, 11) is -4.20. The molecule has 0 saturated carbocycles. The monoisotopic (exact) mass is 785 g/mol. The summed E-state index contributed by atoms with van der Waals surface area (Å²) in [6.07, 6.45) is 4.17. The Bertz CT molecular complexity index is 3110. The van der Waals surface area contributed by atoms with Crippen LogP contribution in [-0.2, 0) is 16.6 Å². The number of aryl methyl sites for hydroxylation is 2. The van der Waals surface area contributed by atoms with E-state index in [4.69, 9.17) is 9.97 Å². The van der Waals surface area contributed by atoms with Crippen molar-refractivity contribution >= 4 is 48.7 Å². The first-order chi connectivity index (χ1) is 28.0. The molecule has 3 fully saturated rings. The Balaban J connectivity index is 1.06. The molecule has 1 N–H and O–H groups in total. The molecular formula is C46H36FN7O3S. The lowest BCUT2D eigenvalue weighted by Crippen LogP contribution is -2.68. The van der Waals surface area contributed by atoms with E-state index in [1.165, 1.54) is 28.4 Å². The molecule has 11 rings (SSSR count). The number of halogens is 1. The van der Waals surface area contributed by atoms with Gasteiger partial charge in [-0.3, -0.25) is 4.90 Å². The second-order valence-electron chi connectivity index (χ2n) is 15.3. The van der Waals surface area contributed by atoms with Crippen LogP contribution in [0.5, 0.6) is 5.75 Å². The van der Waals surface area contributed by atoms with E-state index in [1.54, 1.807) is 30.5 Å². The Morgan fingerprint density at radius 1 is 0.845 bits per heavy atom. The summed E-state index contributed by atoms with van der Waals surface area (Å²) in [4.78, 5) is 19.1. The normalized spacial score (nSPS) is 16.8. The minimum absolute atomic E-state index is 0.0933. The second-order valence-corrected chi connectivity index (χ2v) is 17.1. The zero-order valence-corrected chi connectivity index (χ0v) is 32.4. The summed E-state index contributed by atoms with van der Waals surface area (Å²) in [5, 5.41) is 23.2. The quantitative estimate of drug-likeness (QED) is 0.158. The lowest BCUT2D eigenvalue weighted by Gasteiger charge is -2.56. The van der Waals surface area contributed by atoms with Gasteiger partial charge in [-0.1, -0.05) is 35.9 Å². The molecule has 4 aromatic heterocycles. The van der Waals surface area contributed by atoms with Gasteiger partial charge < -0.3 is 10.0 Å². The van der Waals surface area contributed by atoms with Crippen LogP contribution >= 0.6 is 0 Å². The molecular weight excluding hydrogens is 750 g/mol. The van der Waals surface area contributed by atoms with Gasteiger partial charge in [-0.05, 0) is 98.6 Å². The highest BCUT2D eigenvalue weighted by molar-refractivity contribution is 7.90. The molecule has 8 aromatic rings. The first kappa shape index (κ1) is 35.7. The number of piperazine rings is 1. The van der Waals surface area contributed by atoms with Crippen molar-refractivity contribution in [1.82, 2.24) is 23.8 Å². The van der Waals surface area contributed by atoms with E-state index < -0.39 is 10.0 Å². The number of anilines is 1. The van der Waals surface area contributed by atoms with E-state index in [-0.39, 0.29) is 39.8 Å². The third-order valence-corrected chi connectivity index (χ3v) is 13.4. The maximum atomic E-state index is 14.7. The molecule has 7 heterocycles. The van der Waals surface area contributed by atoms with Crippen molar-refractivity contribution in [3.05, 3.63) is 144 Å². The highest BCUT2D eigenvalue weighted by Gasteiger charge is 2.45. The molecule has 3 aliphatic rings. The minimum atomic E-state index is -4.20. The Kier molecular flexibility index (Phi) is 8.30. The van der Waals surface area contributed by atoms with Crippen LogP contribution in [0, 0.1) is 31.0 Å². The average molecular weight is 786 g/mol. The highest BCUT2D eigenvalue weighted by atomic mass is 32.2. The number of benzene rings is 4. The molecule has 3 saturated heterocycles. The summed E-state index contributed by atoms with van der Waals surface area (Å²) in [5.41, 5.74) is 6.71. The largest absolute Gasteiger partial charge is 0.508 e. The topological polar surface area (TPSA) is 128 Å². The van der Waals surface area contributed by atoms with Crippen molar-refractivity contribution in [3.8, 4) is 34.2 Å². The Hall–Kier alpha value is -6.68. The summed E-state index contributed by atoms with van der Waals surface area (Å²) in [5.74, 6) is 0.504. The predicted octanol–water partition coefficient (Wildman–Crippen LogP) is 8.50. The van der Waals surface area contributed by atoms with Gasteiger partial charge >= 0.3 is 0 Å². The first-order valence-electron chi connectivity index (χ1n) is 19.1. The van der Waals surface area contributed by atoms with Crippen LogP contribution in [0.15, 0.2) is 120 Å². The van der Waals surface area contributed by atoms with Crippen LogP contribution in [0.2, 0.25) is 0 Å². The lowest BCUT2D eigenvalue weighted by atomic mass is 9.86. The number of hydrogen-bond donors (Lipinski definition) is 1. The summed E-state index contributed by atoms with van der Waals surface area (Å²) in [6.45, 7) is 5.82. The maximum absolute atomic E-state index is 14.7. The molecule has 10 nitrogen and oxygen atoms in total. The van der Waals surface area contributed by atoms with Gasteiger partial charge in [-0.15, -0.1) is 0 Å². The Labute approximate surface area is 334 Å². The summed E-state index contributed by atoms with van der Waals surface area (Å²) in [6, 6.07) is 33.1. The number of pyridine rings is 3. The first-order valence-corrected chi connectivity index (χ1v) is 20.5. The van der Waals surface area contributed by atoms with E-state index in [0.29, 0.717) is 39.9 Å². The van der Waals surface area contributed by atoms with Crippen LogP contribution in [0.25, 0.3) is 55.2 Å². The zero-order valence-electron chi connectivity index (χ0n) is 31.6. The van der Waals surface area contributed by atoms with E-state index in [1.807, 2.05) is 68.4 Å². The van der Waals surface area contributed by atoms with Crippen LogP contribution in [0.3, 0.4) is 0 Å². The summed E-state index contributed by atoms with van der Waals surface area (Å²) >= 11 is 0. The minimum Gasteiger partial charge on any atom is -0.508 e. The van der Waals surface area contributed by atoms with Crippen LogP contribution in [-0.4, -0.2) is 62.5 Å². The van der Waals surface area contributed by atoms with Gasteiger partial charge in [0.05, 0.1) is 27.2 Å². The molecule has 2 unspecified atom stereocenters. The van der Waals surface area contributed by atoms with Gasteiger partial charge in [-0.25, -0.2) is 31.7 Å². The maximum Gasteiger partial charge on any atom is 0.269 e. The van der Waals surface area contributed by atoms with Gasteiger partial charge in [-0.2, -0.15) is 5.26 Å². The van der Waals surface area contributed by atoms with Gasteiger partial charge in [0.1, 0.15) is 23.5 Å². The van der Waals surface area contributed by atoms with Crippen LogP contribution in [0.1, 0.15) is 28.7 Å². The third kappa shape index (κ3) is 5.85. The smallest absolute Gasteiger partial charge is 0.269 e. The van der Waals surface area contributed by atoms with Crippen molar-refractivity contribution < 1.29 is 17.9 Å². The van der Waals surface area contributed by atoms with Crippen molar-refractivity contribution in [2.24, 2.45) is 0 Å². The number of piperidine rings is 1. The molecule has 4 aromatic carbocycles. The number of rotatable bonds is 7. The number of phenolic OH excluding ortho intramolecular Hbond substituents is 1. The molecule has 3 aliphatic heterocycles. The fourth-order valence-electron chi connectivity index (χ4n) is 8.72. The number of aromatic hydroxyl groups is 1. The van der Waals surface area contributed by atoms with Crippen molar-refractivity contribution in [1.29, 1.82) is 5.26 Å². The fraction of sp³-hybridized carbons (Fsp3) is 0.174. The zero-order chi connectivity index (χ0) is 39.9. The number of phenols is 1. The number of aromatic nitrogens is 4.